The predicted octanol–water partition coefficient (Wildman–Crippen LogP) is 3.31. The van der Waals surface area contributed by atoms with Crippen molar-refractivity contribution in [2.24, 2.45) is 0 Å². The van der Waals surface area contributed by atoms with E-state index in [-0.39, 0.29) is 6.04 Å². The minimum atomic E-state index is 0.255. The molecule has 0 radical (unpaired) electrons. The molecule has 1 unspecified atom stereocenters. The van der Waals surface area contributed by atoms with Gasteiger partial charge >= 0.3 is 0 Å². The second-order valence-electron chi connectivity index (χ2n) is 5.20. The van der Waals surface area contributed by atoms with E-state index in [1.54, 1.807) is 0 Å². The summed E-state index contributed by atoms with van der Waals surface area (Å²) in [7, 11) is 0. The Kier molecular flexibility index (Phi) is 4.65. The smallest absolute Gasteiger partial charge is 0.110 e. The quantitative estimate of drug-likeness (QED) is 0.879. The summed E-state index contributed by atoms with van der Waals surface area (Å²) >= 11 is 0. The Morgan fingerprint density at radius 2 is 2.00 bits per heavy atom. The van der Waals surface area contributed by atoms with Crippen molar-refractivity contribution in [1.82, 2.24) is 14.9 Å². The van der Waals surface area contributed by atoms with Crippen LogP contribution in [0.25, 0.3) is 0 Å². The van der Waals surface area contributed by atoms with Crippen LogP contribution in [0.1, 0.15) is 48.4 Å². The standard InChI is InChI=1S/C16H25N3O/c1-6-17-14(10-15-18-8-9-19(15)7-2)16-11(3)12(4)20-13(16)5/h8-9,14,17H,6-7,10H2,1-5H3. The lowest BCUT2D eigenvalue weighted by atomic mass is 9.99. The highest BCUT2D eigenvalue weighted by molar-refractivity contribution is 5.34. The SMILES string of the molecule is CCNC(Cc1nccn1CC)c1c(C)oc(C)c1C. The van der Waals surface area contributed by atoms with Crippen LogP contribution in [0.2, 0.25) is 0 Å². The maximum Gasteiger partial charge on any atom is 0.110 e. The number of likely N-dealkylation sites (N-methyl/N-ethyl adjacent to an activating group) is 1. The molecule has 0 amide bonds. The Morgan fingerprint density at radius 1 is 1.25 bits per heavy atom. The van der Waals surface area contributed by atoms with E-state index in [0.717, 1.165) is 36.9 Å². The number of aryl methyl sites for hydroxylation is 3. The third-order valence-corrected chi connectivity index (χ3v) is 3.95. The number of hydrogen-bond acceptors (Lipinski definition) is 3. The Morgan fingerprint density at radius 3 is 2.55 bits per heavy atom. The van der Waals surface area contributed by atoms with Crippen molar-refractivity contribution in [2.75, 3.05) is 6.54 Å². The first-order chi connectivity index (χ1) is 9.58. The molecule has 2 heterocycles. The second kappa shape index (κ2) is 6.27. The molecule has 0 bridgehead atoms. The minimum absolute atomic E-state index is 0.255. The molecular weight excluding hydrogens is 250 g/mol. The Labute approximate surface area is 121 Å². The van der Waals surface area contributed by atoms with Gasteiger partial charge in [0.2, 0.25) is 0 Å². The van der Waals surface area contributed by atoms with Gasteiger partial charge in [-0.25, -0.2) is 4.98 Å². The van der Waals surface area contributed by atoms with Gasteiger partial charge in [-0.1, -0.05) is 6.92 Å². The number of hydrogen-bond donors (Lipinski definition) is 1. The van der Waals surface area contributed by atoms with E-state index in [2.05, 4.69) is 35.6 Å². The zero-order valence-corrected chi connectivity index (χ0v) is 13.2. The molecule has 0 aliphatic carbocycles. The second-order valence-corrected chi connectivity index (χ2v) is 5.20. The van der Waals surface area contributed by atoms with E-state index in [4.69, 9.17) is 4.42 Å². The highest BCUT2D eigenvalue weighted by Gasteiger charge is 2.22. The van der Waals surface area contributed by atoms with E-state index < -0.39 is 0 Å². The molecule has 1 N–H and O–H groups in total. The van der Waals surface area contributed by atoms with Crippen molar-refractivity contribution in [1.29, 1.82) is 0 Å². The van der Waals surface area contributed by atoms with E-state index in [0.29, 0.717) is 0 Å². The fourth-order valence-corrected chi connectivity index (χ4v) is 2.84. The molecule has 0 saturated carbocycles. The third kappa shape index (κ3) is 2.80. The van der Waals surface area contributed by atoms with Gasteiger partial charge in [-0.05, 0) is 39.8 Å². The van der Waals surface area contributed by atoms with Crippen molar-refractivity contribution >= 4 is 0 Å². The summed E-state index contributed by atoms with van der Waals surface area (Å²) in [6.07, 6.45) is 4.80. The monoisotopic (exact) mass is 275 g/mol. The highest BCUT2D eigenvalue weighted by Crippen LogP contribution is 2.29. The van der Waals surface area contributed by atoms with Crippen LogP contribution >= 0.6 is 0 Å². The Balaban J connectivity index is 2.32. The van der Waals surface area contributed by atoms with Crippen LogP contribution in [0.15, 0.2) is 16.8 Å². The fraction of sp³-hybridized carbons (Fsp3) is 0.562. The minimum Gasteiger partial charge on any atom is -0.466 e. The summed E-state index contributed by atoms with van der Waals surface area (Å²) in [6, 6.07) is 0.255. The van der Waals surface area contributed by atoms with Gasteiger partial charge < -0.3 is 14.3 Å². The normalized spacial score (nSPS) is 12.8. The lowest BCUT2D eigenvalue weighted by Crippen LogP contribution is -2.25. The largest absolute Gasteiger partial charge is 0.466 e. The molecule has 0 fully saturated rings. The molecular formula is C16H25N3O. The molecule has 4 nitrogen and oxygen atoms in total. The van der Waals surface area contributed by atoms with Crippen molar-refractivity contribution in [2.45, 2.75) is 53.6 Å². The van der Waals surface area contributed by atoms with Crippen molar-refractivity contribution in [3.63, 3.8) is 0 Å². The molecule has 2 aromatic heterocycles. The van der Waals surface area contributed by atoms with Gasteiger partial charge in [0.15, 0.2) is 0 Å². The summed E-state index contributed by atoms with van der Waals surface area (Å²) in [6.45, 7) is 12.4. The van der Waals surface area contributed by atoms with Gasteiger partial charge in [-0.3, -0.25) is 0 Å². The molecule has 2 aromatic rings. The molecule has 110 valence electrons. The Bertz CT molecular complexity index is 568. The number of rotatable bonds is 6. The van der Waals surface area contributed by atoms with E-state index >= 15 is 0 Å². The maximum atomic E-state index is 5.78. The van der Waals surface area contributed by atoms with Crippen LogP contribution in [0.5, 0.6) is 0 Å². The fourth-order valence-electron chi connectivity index (χ4n) is 2.84. The van der Waals surface area contributed by atoms with Crippen molar-refractivity contribution < 1.29 is 4.42 Å². The summed E-state index contributed by atoms with van der Waals surface area (Å²) in [5.74, 6) is 3.15. The van der Waals surface area contributed by atoms with Gasteiger partial charge in [-0.15, -0.1) is 0 Å². The third-order valence-electron chi connectivity index (χ3n) is 3.95. The molecule has 0 aliphatic heterocycles. The van der Waals surface area contributed by atoms with Gasteiger partial charge in [-0.2, -0.15) is 0 Å². The van der Waals surface area contributed by atoms with Crippen LogP contribution in [0.4, 0.5) is 0 Å². The topological polar surface area (TPSA) is 43.0 Å². The first kappa shape index (κ1) is 14.9. The first-order valence-corrected chi connectivity index (χ1v) is 7.38. The highest BCUT2D eigenvalue weighted by atomic mass is 16.3. The number of furan rings is 1. The van der Waals surface area contributed by atoms with Gasteiger partial charge in [0.25, 0.3) is 0 Å². The Hall–Kier alpha value is -1.55. The summed E-state index contributed by atoms with van der Waals surface area (Å²) in [4.78, 5) is 4.49. The first-order valence-electron chi connectivity index (χ1n) is 7.38. The lowest BCUT2D eigenvalue weighted by molar-refractivity contribution is 0.478. The zero-order valence-electron chi connectivity index (χ0n) is 13.2. The van der Waals surface area contributed by atoms with E-state index in [1.807, 2.05) is 26.2 Å². The lowest BCUT2D eigenvalue weighted by Gasteiger charge is -2.19. The van der Waals surface area contributed by atoms with Crippen molar-refractivity contribution in [3.05, 3.63) is 40.9 Å². The molecule has 0 saturated heterocycles. The van der Waals surface area contributed by atoms with Gasteiger partial charge in [0.05, 0.1) is 0 Å². The van der Waals surface area contributed by atoms with Crippen LogP contribution < -0.4 is 5.32 Å². The summed E-state index contributed by atoms with van der Waals surface area (Å²) in [5.41, 5.74) is 2.54. The van der Waals surface area contributed by atoms with Gasteiger partial charge in [0, 0.05) is 37.0 Å². The molecule has 0 aromatic carbocycles. The molecule has 20 heavy (non-hydrogen) atoms. The summed E-state index contributed by atoms with van der Waals surface area (Å²) in [5, 5.41) is 3.57. The number of aromatic nitrogens is 2. The number of nitrogens with one attached hydrogen (secondary N) is 1. The number of nitrogens with zero attached hydrogens (tertiary/aromatic N) is 2. The van der Waals surface area contributed by atoms with Crippen LogP contribution in [-0.2, 0) is 13.0 Å². The van der Waals surface area contributed by atoms with E-state index in [1.165, 1.54) is 11.1 Å². The zero-order chi connectivity index (χ0) is 14.7. The molecule has 1 atom stereocenters. The molecule has 2 rings (SSSR count). The maximum absolute atomic E-state index is 5.78. The molecule has 4 heteroatoms. The van der Waals surface area contributed by atoms with Crippen LogP contribution in [-0.4, -0.2) is 16.1 Å². The molecule has 0 spiro atoms. The number of imidazole rings is 1. The average molecular weight is 275 g/mol. The van der Waals surface area contributed by atoms with Crippen LogP contribution in [0.3, 0.4) is 0 Å². The van der Waals surface area contributed by atoms with Gasteiger partial charge in [0.1, 0.15) is 17.3 Å². The van der Waals surface area contributed by atoms with E-state index in [9.17, 15) is 0 Å². The average Bonchev–Trinajstić information content (AvgIpc) is 2.95. The molecule has 0 aliphatic rings. The van der Waals surface area contributed by atoms with Crippen LogP contribution in [0, 0.1) is 20.8 Å². The van der Waals surface area contributed by atoms with Crippen molar-refractivity contribution in [3.8, 4) is 0 Å². The summed E-state index contributed by atoms with van der Waals surface area (Å²) < 4.78 is 7.98. The predicted molar refractivity (Wildman–Crippen MR) is 80.9 cm³/mol.